The number of nitrogens with zero attached hydrogens (tertiary/aromatic N) is 1. The number of nitrogens with one attached hydrogen (secondary N) is 1. The highest BCUT2D eigenvalue weighted by Crippen LogP contribution is 2.17. The summed E-state index contributed by atoms with van der Waals surface area (Å²) < 4.78 is 39.8. The van der Waals surface area contributed by atoms with Gasteiger partial charge in [0.25, 0.3) is 0 Å². The first-order chi connectivity index (χ1) is 7.01. The number of alkyl halides is 3. The Balaban J connectivity index is 0.00000225. The van der Waals surface area contributed by atoms with Gasteiger partial charge in [0.15, 0.2) is 6.61 Å². The molecular weight excluding hydrogens is 245 g/mol. The SMILES string of the molecule is CCNc1ccc(OCC(F)(F)F)nc1.Cl. The molecule has 1 aromatic heterocycles. The van der Waals surface area contributed by atoms with Crippen LogP contribution in [0, 0.1) is 0 Å². The molecule has 0 aliphatic rings. The van der Waals surface area contributed by atoms with Gasteiger partial charge in [-0.2, -0.15) is 13.2 Å². The molecule has 1 rings (SSSR count). The summed E-state index contributed by atoms with van der Waals surface area (Å²) >= 11 is 0. The standard InChI is InChI=1S/C9H11F3N2O.ClH/c1-2-13-7-3-4-8(14-5-7)15-6-9(10,11)12;/h3-5,13H,2,6H2,1H3;1H. The minimum Gasteiger partial charge on any atom is -0.468 e. The van der Waals surface area contributed by atoms with Gasteiger partial charge in [0, 0.05) is 12.6 Å². The van der Waals surface area contributed by atoms with E-state index in [1.807, 2.05) is 6.92 Å². The van der Waals surface area contributed by atoms with E-state index >= 15 is 0 Å². The Morgan fingerprint density at radius 3 is 2.50 bits per heavy atom. The van der Waals surface area contributed by atoms with E-state index in [1.54, 1.807) is 6.07 Å². The van der Waals surface area contributed by atoms with Crippen molar-refractivity contribution in [1.82, 2.24) is 4.98 Å². The summed E-state index contributed by atoms with van der Waals surface area (Å²) in [6.07, 6.45) is -2.91. The highest BCUT2D eigenvalue weighted by molar-refractivity contribution is 5.85. The Morgan fingerprint density at radius 1 is 1.38 bits per heavy atom. The molecule has 0 saturated heterocycles. The van der Waals surface area contributed by atoms with Crippen molar-refractivity contribution < 1.29 is 17.9 Å². The van der Waals surface area contributed by atoms with Crippen molar-refractivity contribution in [3.63, 3.8) is 0 Å². The van der Waals surface area contributed by atoms with Crippen LogP contribution in [-0.2, 0) is 0 Å². The number of ether oxygens (including phenoxy) is 1. The predicted octanol–water partition coefficient (Wildman–Crippen LogP) is 2.88. The van der Waals surface area contributed by atoms with Crippen LogP contribution in [0.15, 0.2) is 18.3 Å². The van der Waals surface area contributed by atoms with Crippen LogP contribution in [0.2, 0.25) is 0 Å². The molecule has 16 heavy (non-hydrogen) atoms. The van der Waals surface area contributed by atoms with E-state index in [1.165, 1.54) is 12.3 Å². The Morgan fingerprint density at radius 2 is 2.06 bits per heavy atom. The van der Waals surface area contributed by atoms with Crippen molar-refractivity contribution in [2.24, 2.45) is 0 Å². The van der Waals surface area contributed by atoms with Crippen molar-refractivity contribution in [3.05, 3.63) is 18.3 Å². The molecule has 0 aromatic carbocycles. The first-order valence-corrected chi connectivity index (χ1v) is 4.41. The Labute approximate surface area is 97.4 Å². The second-order valence-electron chi connectivity index (χ2n) is 2.82. The first-order valence-electron chi connectivity index (χ1n) is 4.41. The smallest absolute Gasteiger partial charge is 0.422 e. The van der Waals surface area contributed by atoms with Gasteiger partial charge in [-0.05, 0) is 13.0 Å². The lowest BCUT2D eigenvalue weighted by Gasteiger charge is -2.08. The quantitative estimate of drug-likeness (QED) is 0.899. The summed E-state index contributed by atoms with van der Waals surface area (Å²) in [4.78, 5) is 3.72. The van der Waals surface area contributed by atoms with Crippen LogP contribution in [0.4, 0.5) is 18.9 Å². The summed E-state index contributed by atoms with van der Waals surface area (Å²) in [7, 11) is 0. The largest absolute Gasteiger partial charge is 0.468 e. The van der Waals surface area contributed by atoms with Crippen LogP contribution in [-0.4, -0.2) is 24.3 Å². The molecule has 0 aliphatic heterocycles. The first kappa shape index (κ1) is 14.8. The number of pyridine rings is 1. The van der Waals surface area contributed by atoms with Gasteiger partial charge in [-0.1, -0.05) is 0 Å². The lowest BCUT2D eigenvalue weighted by Crippen LogP contribution is -2.19. The van der Waals surface area contributed by atoms with Crippen molar-refractivity contribution >= 4 is 18.1 Å². The average Bonchev–Trinajstić information content (AvgIpc) is 2.16. The average molecular weight is 257 g/mol. The fourth-order valence-corrected chi connectivity index (χ4v) is 0.930. The third kappa shape index (κ3) is 5.65. The molecule has 3 nitrogen and oxygen atoms in total. The third-order valence-corrected chi connectivity index (χ3v) is 1.50. The van der Waals surface area contributed by atoms with Gasteiger partial charge >= 0.3 is 6.18 Å². The summed E-state index contributed by atoms with van der Waals surface area (Å²) in [5.74, 6) is -0.0334. The second-order valence-corrected chi connectivity index (χ2v) is 2.82. The number of halogens is 4. The highest BCUT2D eigenvalue weighted by Gasteiger charge is 2.28. The minimum absolute atomic E-state index is 0. The molecule has 1 aromatic rings. The fraction of sp³-hybridized carbons (Fsp3) is 0.444. The van der Waals surface area contributed by atoms with Crippen molar-refractivity contribution in [2.75, 3.05) is 18.5 Å². The third-order valence-electron chi connectivity index (χ3n) is 1.50. The molecule has 7 heteroatoms. The zero-order valence-corrected chi connectivity index (χ0v) is 9.36. The minimum atomic E-state index is -4.33. The van der Waals surface area contributed by atoms with E-state index in [2.05, 4.69) is 15.0 Å². The van der Waals surface area contributed by atoms with Gasteiger partial charge in [-0.15, -0.1) is 12.4 Å². The van der Waals surface area contributed by atoms with Crippen molar-refractivity contribution in [2.45, 2.75) is 13.1 Å². The molecule has 0 fully saturated rings. The van der Waals surface area contributed by atoms with Crippen LogP contribution in [0.3, 0.4) is 0 Å². The Bertz CT molecular complexity index is 303. The lowest BCUT2D eigenvalue weighted by molar-refractivity contribution is -0.154. The van der Waals surface area contributed by atoms with Gasteiger partial charge in [0.2, 0.25) is 5.88 Å². The van der Waals surface area contributed by atoms with E-state index in [0.717, 1.165) is 12.2 Å². The zero-order valence-electron chi connectivity index (χ0n) is 8.54. The number of anilines is 1. The van der Waals surface area contributed by atoms with Crippen molar-refractivity contribution in [1.29, 1.82) is 0 Å². The molecule has 92 valence electrons. The van der Waals surface area contributed by atoms with E-state index in [-0.39, 0.29) is 18.3 Å². The highest BCUT2D eigenvalue weighted by atomic mass is 35.5. The fourth-order valence-electron chi connectivity index (χ4n) is 0.930. The molecule has 0 saturated carbocycles. The van der Waals surface area contributed by atoms with Crippen LogP contribution < -0.4 is 10.1 Å². The Hall–Kier alpha value is -1.17. The predicted molar refractivity (Wildman–Crippen MR) is 57.2 cm³/mol. The summed E-state index contributed by atoms with van der Waals surface area (Å²) in [6, 6.07) is 3.01. The summed E-state index contributed by atoms with van der Waals surface area (Å²) in [5.41, 5.74) is 0.747. The van der Waals surface area contributed by atoms with Gasteiger partial charge in [-0.25, -0.2) is 4.98 Å². The van der Waals surface area contributed by atoms with Gasteiger partial charge in [-0.3, -0.25) is 0 Å². The second kappa shape index (κ2) is 6.42. The molecule has 1 heterocycles. The number of hydrogen-bond donors (Lipinski definition) is 1. The Kier molecular flexibility index (Phi) is 5.95. The maximum atomic E-state index is 11.8. The van der Waals surface area contributed by atoms with E-state index in [4.69, 9.17) is 0 Å². The molecule has 0 unspecified atom stereocenters. The lowest BCUT2D eigenvalue weighted by atomic mass is 10.4. The normalized spacial score (nSPS) is 10.5. The number of hydrogen-bond acceptors (Lipinski definition) is 3. The molecule has 0 atom stereocenters. The van der Waals surface area contributed by atoms with Gasteiger partial charge in [0.1, 0.15) is 0 Å². The summed E-state index contributed by atoms with van der Waals surface area (Å²) in [5, 5.41) is 2.97. The van der Waals surface area contributed by atoms with E-state index < -0.39 is 12.8 Å². The molecule has 0 bridgehead atoms. The van der Waals surface area contributed by atoms with Crippen LogP contribution in [0.1, 0.15) is 6.92 Å². The zero-order chi connectivity index (χ0) is 11.3. The maximum Gasteiger partial charge on any atom is 0.422 e. The molecule has 0 amide bonds. The van der Waals surface area contributed by atoms with Crippen LogP contribution >= 0.6 is 12.4 Å². The summed E-state index contributed by atoms with van der Waals surface area (Å²) in [6.45, 7) is 1.32. The molecule has 0 radical (unpaired) electrons. The van der Waals surface area contributed by atoms with Crippen LogP contribution in [0.25, 0.3) is 0 Å². The monoisotopic (exact) mass is 256 g/mol. The maximum absolute atomic E-state index is 11.8. The van der Waals surface area contributed by atoms with E-state index in [0.29, 0.717) is 0 Å². The van der Waals surface area contributed by atoms with Gasteiger partial charge < -0.3 is 10.1 Å². The molecular formula is C9H12ClF3N2O. The molecule has 0 aliphatic carbocycles. The van der Waals surface area contributed by atoms with Crippen molar-refractivity contribution in [3.8, 4) is 5.88 Å². The van der Waals surface area contributed by atoms with Gasteiger partial charge in [0.05, 0.1) is 11.9 Å². The number of aromatic nitrogens is 1. The molecule has 1 N–H and O–H groups in total. The number of rotatable bonds is 4. The molecule has 0 spiro atoms. The van der Waals surface area contributed by atoms with E-state index in [9.17, 15) is 13.2 Å². The van der Waals surface area contributed by atoms with Crippen LogP contribution in [0.5, 0.6) is 5.88 Å². The topological polar surface area (TPSA) is 34.1 Å².